The van der Waals surface area contributed by atoms with Crippen molar-refractivity contribution in [1.29, 1.82) is 0 Å². The molecule has 2 aromatic rings. The summed E-state index contributed by atoms with van der Waals surface area (Å²) in [6.45, 7) is 2.89. The molecule has 0 radical (unpaired) electrons. The van der Waals surface area contributed by atoms with Crippen LogP contribution in [0.2, 0.25) is 10.0 Å². The number of nitrogens with one attached hydrogen (secondary N) is 1. The summed E-state index contributed by atoms with van der Waals surface area (Å²) in [5.74, 6) is 0. The third-order valence-electron chi connectivity index (χ3n) is 3.10. The lowest BCUT2D eigenvalue weighted by molar-refractivity contribution is 0.545. The lowest BCUT2D eigenvalue weighted by atomic mass is 10.1. The molecule has 0 heterocycles. The van der Waals surface area contributed by atoms with Crippen molar-refractivity contribution in [3.8, 4) is 0 Å². The Bertz CT molecular complexity index is 569. The van der Waals surface area contributed by atoms with Crippen molar-refractivity contribution in [2.45, 2.75) is 25.9 Å². The minimum absolute atomic E-state index is 0.367. The highest BCUT2D eigenvalue weighted by Gasteiger charge is 2.06. The van der Waals surface area contributed by atoms with E-state index in [-0.39, 0.29) is 0 Å². The van der Waals surface area contributed by atoms with E-state index in [2.05, 4.69) is 52.4 Å². The van der Waals surface area contributed by atoms with Crippen molar-refractivity contribution in [1.82, 2.24) is 5.32 Å². The first-order chi connectivity index (χ1) is 9.54. The standard InChI is InChI=1S/C16H16BrCl2N/c1-11(8-12-2-4-14(17)5-3-12)20-10-13-9-15(18)6-7-16(13)19/h2-7,9,11,20H,8,10H2,1H3. The zero-order valence-electron chi connectivity index (χ0n) is 11.2. The average Bonchev–Trinajstić information content (AvgIpc) is 2.42. The molecule has 1 unspecified atom stereocenters. The smallest absolute Gasteiger partial charge is 0.0451 e. The molecule has 0 spiro atoms. The second-order valence-corrected chi connectivity index (χ2v) is 6.61. The van der Waals surface area contributed by atoms with E-state index in [1.165, 1.54) is 5.56 Å². The van der Waals surface area contributed by atoms with E-state index >= 15 is 0 Å². The Labute approximate surface area is 138 Å². The lowest BCUT2D eigenvalue weighted by Crippen LogP contribution is -2.27. The summed E-state index contributed by atoms with van der Waals surface area (Å²) in [6, 6.07) is 14.3. The third-order valence-corrected chi connectivity index (χ3v) is 4.24. The molecule has 0 aliphatic heterocycles. The van der Waals surface area contributed by atoms with Gasteiger partial charge in [-0.3, -0.25) is 0 Å². The maximum absolute atomic E-state index is 6.15. The fourth-order valence-corrected chi connectivity index (χ4v) is 2.65. The third kappa shape index (κ3) is 4.78. The maximum atomic E-state index is 6.15. The van der Waals surface area contributed by atoms with Crippen LogP contribution in [-0.2, 0) is 13.0 Å². The Kier molecular flexibility index (Phi) is 5.91. The second-order valence-electron chi connectivity index (χ2n) is 4.85. The van der Waals surface area contributed by atoms with Crippen LogP contribution >= 0.6 is 39.1 Å². The molecule has 2 rings (SSSR count). The van der Waals surface area contributed by atoms with Gasteiger partial charge in [0.05, 0.1) is 0 Å². The van der Waals surface area contributed by atoms with Gasteiger partial charge in [-0.05, 0) is 54.8 Å². The molecule has 0 aliphatic rings. The summed E-state index contributed by atoms with van der Waals surface area (Å²) in [5.41, 5.74) is 2.34. The van der Waals surface area contributed by atoms with Gasteiger partial charge >= 0.3 is 0 Å². The Morgan fingerprint density at radius 3 is 2.50 bits per heavy atom. The van der Waals surface area contributed by atoms with Gasteiger partial charge < -0.3 is 5.32 Å². The van der Waals surface area contributed by atoms with Crippen molar-refractivity contribution in [3.63, 3.8) is 0 Å². The van der Waals surface area contributed by atoms with Crippen LogP contribution in [0.3, 0.4) is 0 Å². The Morgan fingerprint density at radius 1 is 1.10 bits per heavy atom. The molecule has 1 N–H and O–H groups in total. The van der Waals surface area contributed by atoms with Crippen LogP contribution in [0.15, 0.2) is 46.9 Å². The van der Waals surface area contributed by atoms with Crippen molar-refractivity contribution < 1.29 is 0 Å². The van der Waals surface area contributed by atoms with Crippen molar-refractivity contribution in [2.24, 2.45) is 0 Å². The van der Waals surface area contributed by atoms with Gasteiger partial charge in [-0.15, -0.1) is 0 Å². The maximum Gasteiger partial charge on any atom is 0.0451 e. The van der Waals surface area contributed by atoms with Crippen molar-refractivity contribution in [2.75, 3.05) is 0 Å². The molecule has 2 aromatic carbocycles. The Balaban J connectivity index is 1.90. The first kappa shape index (κ1) is 15.8. The van der Waals surface area contributed by atoms with Crippen LogP contribution in [0.4, 0.5) is 0 Å². The first-order valence-corrected chi connectivity index (χ1v) is 8.01. The Morgan fingerprint density at radius 2 is 1.80 bits per heavy atom. The van der Waals surface area contributed by atoms with Gasteiger partial charge in [0, 0.05) is 27.1 Å². The van der Waals surface area contributed by atoms with E-state index in [0.717, 1.165) is 28.0 Å². The molecule has 0 aromatic heterocycles. The minimum atomic E-state index is 0.367. The minimum Gasteiger partial charge on any atom is -0.310 e. The molecule has 20 heavy (non-hydrogen) atoms. The molecule has 0 bridgehead atoms. The molecular formula is C16H16BrCl2N. The van der Waals surface area contributed by atoms with Gasteiger partial charge in [-0.1, -0.05) is 51.3 Å². The van der Waals surface area contributed by atoms with Gasteiger partial charge in [0.2, 0.25) is 0 Å². The van der Waals surface area contributed by atoms with Crippen LogP contribution in [0.1, 0.15) is 18.1 Å². The number of benzene rings is 2. The highest BCUT2D eigenvalue weighted by Crippen LogP contribution is 2.20. The van der Waals surface area contributed by atoms with Crippen LogP contribution in [0.5, 0.6) is 0 Å². The van der Waals surface area contributed by atoms with E-state index in [9.17, 15) is 0 Å². The summed E-state index contributed by atoms with van der Waals surface area (Å²) in [7, 11) is 0. The fourth-order valence-electron chi connectivity index (χ4n) is 2.01. The Hall–Kier alpha value is -0.540. The number of halogens is 3. The number of hydrogen-bond acceptors (Lipinski definition) is 1. The molecule has 0 amide bonds. The second kappa shape index (κ2) is 7.46. The van der Waals surface area contributed by atoms with Crippen LogP contribution in [-0.4, -0.2) is 6.04 Å². The highest BCUT2D eigenvalue weighted by molar-refractivity contribution is 9.10. The summed E-state index contributed by atoms with van der Waals surface area (Å²) in [4.78, 5) is 0. The lowest BCUT2D eigenvalue weighted by Gasteiger charge is -2.15. The van der Waals surface area contributed by atoms with E-state index in [4.69, 9.17) is 23.2 Å². The van der Waals surface area contributed by atoms with E-state index in [0.29, 0.717) is 11.1 Å². The van der Waals surface area contributed by atoms with Crippen LogP contribution in [0, 0.1) is 0 Å². The van der Waals surface area contributed by atoms with Crippen LogP contribution in [0.25, 0.3) is 0 Å². The summed E-state index contributed by atoms with van der Waals surface area (Å²) in [6.07, 6.45) is 0.978. The average molecular weight is 373 g/mol. The molecule has 0 saturated carbocycles. The van der Waals surface area contributed by atoms with Crippen molar-refractivity contribution >= 4 is 39.1 Å². The normalized spacial score (nSPS) is 12.4. The number of hydrogen-bond donors (Lipinski definition) is 1. The fraction of sp³-hybridized carbons (Fsp3) is 0.250. The van der Waals surface area contributed by atoms with E-state index in [1.807, 2.05) is 12.1 Å². The molecule has 106 valence electrons. The molecular weight excluding hydrogens is 357 g/mol. The van der Waals surface area contributed by atoms with Gasteiger partial charge in [0.25, 0.3) is 0 Å². The monoisotopic (exact) mass is 371 g/mol. The molecule has 4 heteroatoms. The predicted octanol–water partition coefficient (Wildman–Crippen LogP) is 5.48. The summed E-state index contributed by atoms with van der Waals surface area (Å²) in [5, 5.41) is 4.94. The van der Waals surface area contributed by atoms with Crippen LogP contribution < -0.4 is 5.32 Å². The van der Waals surface area contributed by atoms with Gasteiger partial charge in [0.1, 0.15) is 0 Å². The van der Waals surface area contributed by atoms with E-state index < -0.39 is 0 Å². The molecule has 0 aliphatic carbocycles. The number of rotatable bonds is 5. The van der Waals surface area contributed by atoms with Gasteiger partial charge in [-0.2, -0.15) is 0 Å². The SMILES string of the molecule is CC(Cc1ccc(Br)cc1)NCc1cc(Cl)ccc1Cl. The van der Waals surface area contributed by atoms with E-state index in [1.54, 1.807) is 6.07 Å². The molecule has 1 atom stereocenters. The first-order valence-electron chi connectivity index (χ1n) is 6.46. The van der Waals surface area contributed by atoms with Crippen molar-refractivity contribution in [3.05, 3.63) is 68.1 Å². The molecule has 0 fully saturated rings. The highest BCUT2D eigenvalue weighted by atomic mass is 79.9. The van der Waals surface area contributed by atoms with Gasteiger partial charge in [-0.25, -0.2) is 0 Å². The quantitative estimate of drug-likeness (QED) is 0.732. The molecule has 0 saturated heterocycles. The topological polar surface area (TPSA) is 12.0 Å². The molecule has 1 nitrogen and oxygen atoms in total. The summed E-state index contributed by atoms with van der Waals surface area (Å²) >= 11 is 15.6. The van der Waals surface area contributed by atoms with Gasteiger partial charge in [0.15, 0.2) is 0 Å². The largest absolute Gasteiger partial charge is 0.310 e. The zero-order valence-corrected chi connectivity index (χ0v) is 14.3. The summed E-state index contributed by atoms with van der Waals surface area (Å²) < 4.78 is 1.10. The predicted molar refractivity (Wildman–Crippen MR) is 90.6 cm³/mol. The zero-order chi connectivity index (χ0) is 14.5.